The maximum Gasteiger partial charge on any atom is 0.240 e. The number of nitrogens with one attached hydrogen (secondary N) is 1. The zero-order valence-corrected chi connectivity index (χ0v) is 18.2. The Hall–Kier alpha value is -2.06. The van der Waals surface area contributed by atoms with E-state index in [-0.39, 0.29) is 5.91 Å². The van der Waals surface area contributed by atoms with Crippen molar-refractivity contribution in [2.24, 2.45) is 0 Å². The molecule has 0 atom stereocenters. The normalized spacial score (nSPS) is 14.9. The van der Waals surface area contributed by atoms with Crippen LogP contribution in [0.4, 0.5) is 10.8 Å². The molecule has 152 valence electrons. The summed E-state index contributed by atoms with van der Waals surface area (Å²) in [5, 5.41) is 4.77. The summed E-state index contributed by atoms with van der Waals surface area (Å²) in [5.41, 5.74) is 1.86. The number of thiazole rings is 1. The van der Waals surface area contributed by atoms with Gasteiger partial charge in [-0.15, -0.1) is 0 Å². The van der Waals surface area contributed by atoms with Gasteiger partial charge in [-0.05, 0) is 36.4 Å². The Morgan fingerprint density at radius 1 is 1.14 bits per heavy atom. The summed E-state index contributed by atoms with van der Waals surface area (Å²) in [4.78, 5) is 21.3. The molecular weight excluding hydrogens is 431 g/mol. The Balaban J connectivity index is 1.32. The van der Waals surface area contributed by atoms with Gasteiger partial charge < -0.3 is 15.0 Å². The van der Waals surface area contributed by atoms with Gasteiger partial charge in [0.25, 0.3) is 0 Å². The van der Waals surface area contributed by atoms with E-state index < -0.39 is 0 Å². The Morgan fingerprint density at radius 3 is 2.55 bits per heavy atom. The summed E-state index contributed by atoms with van der Waals surface area (Å²) in [5.74, 6) is 0.716. The molecule has 1 N–H and O–H groups in total. The molecule has 1 amide bonds. The van der Waals surface area contributed by atoms with Crippen molar-refractivity contribution >= 4 is 61.5 Å². The first-order valence-corrected chi connectivity index (χ1v) is 10.8. The summed E-state index contributed by atoms with van der Waals surface area (Å²) < 4.78 is 6.21. The molecule has 6 nitrogen and oxygen atoms in total. The third-order valence-corrected chi connectivity index (χ3v) is 6.16. The fraction of sp³-hybridized carbons (Fsp3) is 0.300. The Kier molecular flexibility index (Phi) is 6.10. The molecule has 0 saturated carbocycles. The maximum absolute atomic E-state index is 12.5. The lowest BCUT2D eigenvalue weighted by atomic mass is 10.2. The van der Waals surface area contributed by atoms with Crippen molar-refractivity contribution in [3.63, 3.8) is 0 Å². The fourth-order valence-electron chi connectivity index (χ4n) is 3.33. The van der Waals surface area contributed by atoms with Gasteiger partial charge in [0.1, 0.15) is 5.75 Å². The highest BCUT2D eigenvalue weighted by molar-refractivity contribution is 7.22. The van der Waals surface area contributed by atoms with E-state index in [4.69, 9.17) is 27.9 Å². The third kappa shape index (κ3) is 4.93. The minimum Gasteiger partial charge on any atom is -0.497 e. The highest BCUT2D eigenvalue weighted by Gasteiger charge is 2.20. The summed E-state index contributed by atoms with van der Waals surface area (Å²) in [6.07, 6.45) is 0. The van der Waals surface area contributed by atoms with Crippen LogP contribution in [0.5, 0.6) is 5.75 Å². The first-order chi connectivity index (χ1) is 14.0. The summed E-state index contributed by atoms with van der Waals surface area (Å²) >= 11 is 13.7. The van der Waals surface area contributed by atoms with Crippen LogP contribution in [-0.4, -0.2) is 55.6 Å². The quantitative estimate of drug-likeness (QED) is 0.625. The summed E-state index contributed by atoms with van der Waals surface area (Å²) in [6.45, 7) is 3.53. The SMILES string of the molecule is COc1ccc2nc(NC(=O)CN3CCN(c4cc(Cl)cc(Cl)c4)CC3)sc2c1. The lowest BCUT2D eigenvalue weighted by Gasteiger charge is -2.35. The number of halogens is 2. The molecule has 2 aromatic carbocycles. The van der Waals surface area contributed by atoms with Gasteiger partial charge in [-0.2, -0.15) is 0 Å². The number of carbonyl (C=O) groups is 1. The molecule has 1 aliphatic heterocycles. The van der Waals surface area contributed by atoms with Gasteiger partial charge in [0.15, 0.2) is 5.13 Å². The van der Waals surface area contributed by atoms with Crippen molar-refractivity contribution in [1.29, 1.82) is 0 Å². The van der Waals surface area contributed by atoms with Gasteiger partial charge in [0, 0.05) is 41.9 Å². The number of rotatable bonds is 5. The average molecular weight is 451 g/mol. The van der Waals surface area contributed by atoms with E-state index in [2.05, 4.69) is 20.1 Å². The van der Waals surface area contributed by atoms with Crippen molar-refractivity contribution in [2.45, 2.75) is 0 Å². The van der Waals surface area contributed by atoms with Gasteiger partial charge in [-0.3, -0.25) is 9.69 Å². The molecule has 1 aromatic heterocycles. The third-order valence-electron chi connectivity index (χ3n) is 4.79. The standard InChI is InChI=1S/C20H20Cl2N4O2S/c1-28-16-2-3-17-18(11-16)29-20(23-17)24-19(27)12-25-4-6-26(7-5-25)15-9-13(21)8-14(22)10-15/h2-3,8-11H,4-7,12H2,1H3,(H,23,24,27). The van der Waals surface area contributed by atoms with Crippen LogP contribution in [0.25, 0.3) is 10.2 Å². The molecule has 1 saturated heterocycles. The molecule has 29 heavy (non-hydrogen) atoms. The molecule has 0 aliphatic carbocycles. The fourth-order valence-corrected chi connectivity index (χ4v) is 4.76. The number of piperazine rings is 1. The molecule has 0 bridgehead atoms. The number of hydrogen-bond acceptors (Lipinski definition) is 6. The van der Waals surface area contributed by atoms with Gasteiger partial charge in [-0.25, -0.2) is 4.98 Å². The topological polar surface area (TPSA) is 57.7 Å². The lowest BCUT2D eigenvalue weighted by Crippen LogP contribution is -2.48. The molecule has 1 fully saturated rings. The second-order valence-electron chi connectivity index (χ2n) is 6.79. The van der Waals surface area contributed by atoms with E-state index in [1.54, 1.807) is 13.2 Å². The van der Waals surface area contributed by atoms with Crippen LogP contribution < -0.4 is 15.0 Å². The molecule has 3 aromatic rings. The number of hydrogen-bond donors (Lipinski definition) is 1. The Labute approximate surface area is 183 Å². The Bertz CT molecular complexity index is 1010. The number of aromatic nitrogens is 1. The minimum absolute atomic E-state index is 0.0599. The second-order valence-corrected chi connectivity index (χ2v) is 8.70. The van der Waals surface area contributed by atoms with Crippen molar-refractivity contribution < 1.29 is 9.53 Å². The van der Waals surface area contributed by atoms with Crippen molar-refractivity contribution in [2.75, 3.05) is 50.1 Å². The van der Waals surface area contributed by atoms with Crippen molar-refractivity contribution in [1.82, 2.24) is 9.88 Å². The number of nitrogens with zero attached hydrogens (tertiary/aromatic N) is 3. The van der Waals surface area contributed by atoms with E-state index in [9.17, 15) is 4.79 Å². The molecule has 0 spiro atoms. The second kappa shape index (κ2) is 8.75. The molecule has 1 aliphatic rings. The van der Waals surface area contributed by atoms with Gasteiger partial charge in [0.05, 0.1) is 23.9 Å². The number of carbonyl (C=O) groups excluding carboxylic acids is 1. The number of benzene rings is 2. The predicted octanol–water partition coefficient (Wildman–Crippen LogP) is 4.37. The molecule has 0 radical (unpaired) electrons. The molecular formula is C20H20Cl2N4O2S. The van der Waals surface area contributed by atoms with E-state index in [0.29, 0.717) is 21.7 Å². The highest BCUT2D eigenvalue weighted by atomic mass is 35.5. The average Bonchev–Trinajstić information content (AvgIpc) is 3.08. The van der Waals surface area contributed by atoms with Crippen LogP contribution in [0.15, 0.2) is 36.4 Å². The van der Waals surface area contributed by atoms with Crippen LogP contribution in [0, 0.1) is 0 Å². The van der Waals surface area contributed by atoms with Crippen LogP contribution in [0.2, 0.25) is 10.0 Å². The monoisotopic (exact) mass is 450 g/mol. The maximum atomic E-state index is 12.5. The number of fused-ring (bicyclic) bond motifs is 1. The smallest absolute Gasteiger partial charge is 0.240 e. The zero-order valence-electron chi connectivity index (χ0n) is 15.8. The molecule has 2 heterocycles. The molecule has 9 heteroatoms. The van der Waals surface area contributed by atoms with Gasteiger partial charge in [0.2, 0.25) is 5.91 Å². The minimum atomic E-state index is -0.0599. The van der Waals surface area contributed by atoms with Crippen molar-refractivity contribution in [3.05, 3.63) is 46.4 Å². The van der Waals surface area contributed by atoms with Gasteiger partial charge >= 0.3 is 0 Å². The predicted molar refractivity (Wildman–Crippen MR) is 120 cm³/mol. The highest BCUT2D eigenvalue weighted by Crippen LogP contribution is 2.29. The van der Waals surface area contributed by atoms with Crippen molar-refractivity contribution in [3.8, 4) is 5.75 Å². The number of anilines is 2. The first kappa shape index (κ1) is 20.2. The molecule has 4 rings (SSSR count). The number of methoxy groups -OCH3 is 1. The van der Waals surface area contributed by atoms with Gasteiger partial charge in [-0.1, -0.05) is 34.5 Å². The molecule has 0 unspecified atom stereocenters. The first-order valence-electron chi connectivity index (χ1n) is 9.18. The van der Waals surface area contributed by atoms with E-state index in [1.807, 2.05) is 30.3 Å². The van der Waals surface area contributed by atoms with E-state index >= 15 is 0 Å². The number of amides is 1. The van der Waals surface area contributed by atoms with Crippen LogP contribution in [-0.2, 0) is 4.79 Å². The summed E-state index contributed by atoms with van der Waals surface area (Å²) in [6, 6.07) is 11.2. The lowest BCUT2D eigenvalue weighted by molar-refractivity contribution is -0.117. The van der Waals surface area contributed by atoms with E-state index in [0.717, 1.165) is 47.8 Å². The summed E-state index contributed by atoms with van der Waals surface area (Å²) in [7, 11) is 1.63. The van der Waals surface area contributed by atoms with Crippen LogP contribution in [0.1, 0.15) is 0 Å². The largest absolute Gasteiger partial charge is 0.497 e. The van der Waals surface area contributed by atoms with Crippen LogP contribution >= 0.6 is 34.5 Å². The Morgan fingerprint density at radius 2 is 1.86 bits per heavy atom. The number of ether oxygens (including phenoxy) is 1. The van der Waals surface area contributed by atoms with Crippen LogP contribution in [0.3, 0.4) is 0 Å². The van der Waals surface area contributed by atoms with E-state index in [1.165, 1.54) is 11.3 Å². The zero-order chi connectivity index (χ0) is 20.4.